The average Bonchev–Trinajstić information content (AvgIpc) is 2.98. The molecule has 1 amide bonds. The van der Waals surface area contributed by atoms with Crippen molar-refractivity contribution in [1.82, 2.24) is 24.8 Å². The lowest BCUT2D eigenvalue weighted by Gasteiger charge is -2.19. The van der Waals surface area contributed by atoms with Crippen molar-refractivity contribution >= 4 is 22.9 Å². The maximum absolute atomic E-state index is 12.7. The van der Waals surface area contributed by atoms with Crippen LogP contribution in [0.25, 0.3) is 11.2 Å². The summed E-state index contributed by atoms with van der Waals surface area (Å²) in [6, 6.07) is 6.02. The van der Waals surface area contributed by atoms with E-state index < -0.39 is 6.04 Å². The normalized spacial score (nSPS) is 13.5. The van der Waals surface area contributed by atoms with Gasteiger partial charge in [0.1, 0.15) is 17.9 Å². The Morgan fingerprint density at radius 3 is 2.54 bits per heavy atom. The fraction of sp³-hybridized carbons (Fsp3) is 0.368. The van der Waals surface area contributed by atoms with Gasteiger partial charge in [0.05, 0.1) is 6.33 Å². The van der Waals surface area contributed by atoms with Crippen molar-refractivity contribution in [3.05, 3.63) is 47.5 Å². The molecule has 2 aromatic heterocycles. The first-order chi connectivity index (χ1) is 12.3. The number of amides is 1. The zero-order chi connectivity index (χ0) is 18.8. The van der Waals surface area contributed by atoms with E-state index in [9.17, 15) is 4.79 Å². The van der Waals surface area contributed by atoms with Crippen LogP contribution in [0.2, 0.25) is 0 Å². The lowest BCUT2D eigenvalue weighted by Crippen LogP contribution is -2.38. The molecule has 0 radical (unpaired) electrons. The minimum atomic E-state index is -0.448. The highest BCUT2D eigenvalue weighted by molar-refractivity contribution is 5.85. The zero-order valence-electron chi connectivity index (χ0n) is 15.5. The first kappa shape index (κ1) is 17.8. The van der Waals surface area contributed by atoms with Gasteiger partial charge in [-0.3, -0.25) is 4.79 Å². The van der Waals surface area contributed by atoms with E-state index in [2.05, 4.69) is 52.3 Å². The minimum absolute atomic E-state index is 0.0145. The number of nitrogens with one attached hydrogen (secondary N) is 1. The summed E-state index contributed by atoms with van der Waals surface area (Å²) in [4.78, 5) is 25.0. The molecule has 0 aliphatic heterocycles. The van der Waals surface area contributed by atoms with E-state index in [-0.39, 0.29) is 11.9 Å². The average molecular weight is 352 g/mol. The summed E-state index contributed by atoms with van der Waals surface area (Å²) in [7, 11) is 0. The summed E-state index contributed by atoms with van der Waals surface area (Å²) in [5.41, 5.74) is 10.6. The van der Waals surface area contributed by atoms with Crippen molar-refractivity contribution in [2.45, 2.75) is 46.2 Å². The summed E-state index contributed by atoms with van der Waals surface area (Å²) in [5.74, 6) is 0.225. The zero-order valence-corrected chi connectivity index (χ0v) is 15.5. The molecule has 0 fully saturated rings. The van der Waals surface area contributed by atoms with Crippen molar-refractivity contribution in [1.29, 1.82) is 0 Å². The Morgan fingerprint density at radius 2 is 1.85 bits per heavy atom. The van der Waals surface area contributed by atoms with Gasteiger partial charge < -0.3 is 15.6 Å². The number of aryl methyl sites for hydroxylation is 2. The molecule has 3 rings (SSSR count). The molecule has 3 aromatic rings. The summed E-state index contributed by atoms with van der Waals surface area (Å²) in [6.07, 6.45) is 3.73. The molecule has 2 atom stereocenters. The maximum Gasteiger partial charge on any atom is 0.243 e. The molecule has 2 heterocycles. The number of carbonyl (C=O) groups is 1. The molecular weight excluding hydrogens is 328 g/mol. The molecule has 7 heteroatoms. The predicted octanol–water partition coefficient (Wildman–Crippen LogP) is 2.33. The third kappa shape index (κ3) is 3.66. The van der Waals surface area contributed by atoms with Gasteiger partial charge in [0.15, 0.2) is 11.5 Å². The summed E-state index contributed by atoms with van der Waals surface area (Å²) >= 11 is 0. The third-order valence-corrected chi connectivity index (χ3v) is 4.40. The van der Waals surface area contributed by atoms with Gasteiger partial charge in [-0.1, -0.05) is 29.3 Å². The number of rotatable bonds is 5. The van der Waals surface area contributed by atoms with Gasteiger partial charge in [-0.05, 0) is 39.7 Å². The number of fused-ring (bicyclic) bond motifs is 1. The van der Waals surface area contributed by atoms with Crippen molar-refractivity contribution in [3.63, 3.8) is 0 Å². The van der Waals surface area contributed by atoms with Gasteiger partial charge in [-0.25, -0.2) is 15.0 Å². The fourth-order valence-electron chi connectivity index (χ4n) is 3.23. The number of imidazole rings is 1. The van der Waals surface area contributed by atoms with E-state index in [1.807, 2.05) is 13.8 Å². The van der Waals surface area contributed by atoms with E-state index >= 15 is 0 Å². The van der Waals surface area contributed by atoms with Crippen LogP contribution in [0.1, 0.15) is 36.6 Å². The van der Waals surface area contributed by atoms with Crippen LogP contribution in [-0.4, -0.2) is 31.5 Å². The molecule has 0 aliphatic carbocycles. The van der Waals surface area contributed by atoms with Crippen LogP contribution in [0, 0.1) is 13.8 Å². The van der Waals surface area contributed by atoms with Crippen LogP contribution in [0.5, 0.6) is 0 Å². The van der Waals surface area contributed by atoms with E-state index in [0.29, 0.717) is 17.0 Å². The van der Waals surface area contributed by atoms with Gasteiger partial charge in [0.25, 0.3) is 0 Å². The Balaban J connectivity index is 1.71. The van der Waals surface area contributed by atoms with E-state index in [0.717, 1.165) is 6.42 Å². The highest BCUT2D eigenvalue weighted by Crippen LogP contribution is 2.19. The number of hydrogen-bond acceptors (Lipinski definition) is 5. The lowest BCUT2D eigenvalue weighted by atomic mass is 10.0. The smallest absolute Gasteiger partial charge is 0.243 e. The minimum Gasteiger partial charge on any atom is -0.382 e. The van der Waals surface area contributed by atoms with Gasteiger partial charge in [-0.15, -0.1) is 0 Å². The molecular formula is C19H24N6O. The lowest BCUT2D eigenvalue weighted by molar-refractivity contribution is -0.124. The van der Waals surface area contributed by atoms with Gasteiger partial charge >= 0.3 is 0 Å². The maximum atomic E-state index is 12.7. The van der Waals surface area contributed by atoms with Crippen LogP contribution in [0.15, 0.2) is 30.9 Å². The number of anilines is 1. The number of carbonyl (C=O) groups excluding carboxylic acids is 1. The first-order valence-electron chi connectivity index (χ1n) is 8.65. The number of nitrogen functional groups attached to an aromatic ring is 1. The number of hydrogen-bond donors (Lipinski definition) is 2. The largest absolute Gasteiger partial charge is 0.382 e. The molecule has 0 saturated heterocycles. The predicted molar refractivity (Wildman–Crippen MR) is 102 cm³/mol. The van der Waals surface area contributed by atoms with Crippen LogP contribution >= 0.6 is 0 Å². The number of nitrogens with two attached hydrogens (primary N) is 1. The van der Waals surface area contributed by atoms with Crippen molar-refractivity contribution in [2.24, 2.45) is 0 Å². The second-order valence-electron chi connectivity index (χ2n) is 6.87. The second kappa shape index (κ2) is 7.11. The standard InChI is InChI=1S/C19H24N6O/c1-11-5-12(2)7-15(6-11)8-13(3)24-19(26)14(4)25-10-23-16-17(20)21-9-22-18(16)25/h5-7,9-10,13-14H,8H2,1-4H3,(H,24,26)(H2,20,21,22). The summed E-state index contributed by atoms with van der Waals surface area (Å²) in [5, 5.41) is 3.07. The van der Waals surface area contributed by atoms with Crippen LogP contribution in [-0.2, 0) is 11.2 Å². The fourth-order valence-corrected chi connectivity index (χ4v) is 3.23. The Hall–Kier alpha value is -2.96. The highest BCUT2D eigenvalue weighted by atomic mass is 16.2. The topological polar surface area (TPSA) is 98.7 Å². The molecule has 0 saturated carbocycles. The van der Waals surface area contributed by atoms with Crippen LogP contribution in [0.3, 0.4) is 0 Å². The molecule has 2 unspecified atom stereocenters. The SMILES string of the molecule is Cc1cc(C)cc(CC(C)NC(=O)C(C)n2cnc3c(N)ncnc32)c1. The van der Waals surface area contributed by atoms with Crippen LogP contribution < -0.4 is 11.1 Å². The Kier molecular flexibility index (Phi) is 4.88. The molecule has 0 spiro atoms. The Labute approximate surface area is 152 Å². The second-order valence-corrected chi connectivity index (χ2v) is 6.87. The number of benzene rings is 1. The molecule has 3 N–H and O–H groups in total. The van der Waals surface area contributed by atoms with E-state index in [1.165, 1.54) is 23.0 Å². The molecule has 136 valence electrons. The summed E-state index contributed by atoms with van der Waals surface area (Å²) < 4.78 is 1.71. The van der Waals surface area contributed by atoms with E-state index in [1.54, 1.807) is 10.9 Å². The van der Waals surface area contributed by atoms with Crippen LogP contribution in [0.4, 0.5) is 5.82 Å². The Morgan fingerprint density at radius 1 is 1.15 bits per heavy atom. The third-order valence-electron chi connectivity index (χ3n) is 4.40. The molecule has 26 heavy (non-hydrogen) atoms. The monoisotopic (exact) mass is 352 g/mol. The van der Waals surface area contributed by atoms with Crippen molar-refractivity contribution in [3.8, 4) is 0 Å². The first-order valence-corrected chi connectivity index (χ1v) is 8.65. The Bertz CT molecular complexity index is 928. The number of nitrogens with zero attached hydrogens (tertiary/aromatic N) is 4. The van der Waals surface area contributed by atoms with E-state index in [4.69, 9.17) is 5.73 Å². The molecule has 1 aromatic carbocycles. The number of aromatic nitrogens is 4. The van der Waals surface area contributed by atoms with Gasteiger partial charge in [0.2, 0.25) is 5.91 Å². The van der Waals surface area contributed by atoms with Gasteiger partial charge in [0, 0.05) is 6.04 Å². The van der Waals surface area contributed by atoms with Gasteiger partial charge in [-0.2, -0.15) is 0 Å². The summed E-state index contributed by atoms with van der Waals surface area (Å²) in [6.45, 7) is 7.99. The molecule has 7 nitrogen and oxygen atoms in total. The molecule has 0 aliphatic rings. The van der Waals surface area contributed by atoms with Crippen molar-refractivity contribution < 1.29 is 4.79 Å². The van der Waals surface area contributed by atoms with Crippen molar-refractivity contribution in [2.75, 3.05) is 5.73 Å². The highest BCUT2D eigenvalue weighted by Gasteiger charge is 2.20. The quantitative estimate of drug-likeness (QED) is 0.734. The molecule has 0 bridgehead atoms.